The Hall–Kier alpha value is -3.08. The van der Waals surface area contributed by atoms with E-state index in [0.717, 1.165) is 27.7 Å². The molecule has 3 aromatic rings. The average molecular weight is 334 g/mol. The van der Waals surface area contributed by atoms with Gasteiger partial charge in [0.2, 0.25) is 5.91 Å². The van der Waals surface area contributed by atoms with Crippen LogP contribution < -0.4 is 0 Å². The highest BCUT2D eigenvalue weighted by molar-refractivity contribution is 5.89. The van der Waals surface area contributed by atoms with Crippen LogP contribution in [0, 0.1) is 0 Å². The molecule has 0 aliphatic carbocycles. The van der Waals surface area contributed by atoms with Crippen molar-refractivity contribution in [2.75, 3.05) is 0 Å². The minimum atomic E-state index is -0.980. The van der Waals surface area contributed by atoms with Gasteiger partial charge in [0.15, 0.2) is 0 Å². The molecule has 126 valence electrons. The molecule has 0 saturated carbocycles. The van der Waals surface area contributed by atoms with Crippen LogP contribution in [0.3, 0.4) is 0 Å². The molecule has 0 saturated heterocycles. The predicted octanol–water partition coefficient (Wildman–Crippen LogP) is 3.12. The first-order valence-corrected chi connectivity index (χ1v) is 8.24. The fourth-order valence-electron chi connectivity index (χ4n) is 3.86. The Balaban J connectivity index is 2.00. The number of aliphatic carboxylic acids is 1. The molecule has 0 radical (unpaired) electrons. The highest BCUT2D eigenvalue weighted by Crippen LogP contribution is 2.40. The van der Waals surface area contributed by atoms with Gasteiger partial charge in [0.1, 0.15) is 6.04 Å². The smallest absolute Gasteiger partial charge is 0.326 e. The van der Waals surface area contributed by atoms with E-state index in [2.05, 4.69) is 4.98 Å². The van der Waals surface area contributed by atoms with E-state index < -0.39 is 18.1 Å². The molecule has 1 aliphatic rings. The van der Waals surface area contributed by atoms with Crippen molar-refractivity contribution in [1.29, 1.82) is 0 Å². The Bertz CT molecular complexity index is 961. The minimum Gasteiger partial charge on any atom is -0.480 e. The molecule has 4 rings (SSSR count). The lowest BCUT2D eigenvalue weighted by Crippen LogP contribution is -2.50. The van der Waals surface area contributed by atoms with Crippen molar-refractivity contribution in [1.82, 2.24) is 9.88 Å². The zero-order valence-electron chi connectivity index (χ0n) is 13.8. The first-order valence-electron chi connectivity index (χ1n) is 8.24. The third-order valence-corrected chi connectivity index (χ3v) is 4.90. The lowest BCUT2D eigenvalue weighted by molar-refractivity contribution is -0.151. The first-order chi connectivity index (χ1) is 12.1. The topological polar surface area (TPSA) is 73.4 Å². The Morgan fingerprint density at radius 3 is 2.44 bits per heavy atom. The van der Waals surface area contributed by atoms with Gasteiger partial charge in [-0.15, -0.1) is 0 Å². The summed E-state index contributed by atoms with van der Waals surface area (Å²) in [6, 6.07) is 16.1. The van der Waals surface area contributed by atoms with Crippen LogP contribution in [0.15, 0.2) is 54.6 Å². The van der Waals surface area contributed by atoms with Crippen LogP contribution in [-0.4, -0.2) is 32.9 Å². The molecule has 0 unspecified atom stereocenters. The maximum absolute atomic E-state index is 12.4. The monoisotopic (exact) mass is 334 g/mol. The molecule has 5 heteroatoms. The number of carboxylic acid groups (broad SMARTS) is 1. The quantitative estimate of drug-likeness (QED) is 0.756. The summed E-state index contributed by atoms with van der Waals surface area (Å²) in [7, 11) is 0. The molecule has 2 heterocycles. The second kappa shape index (κ2) is 5.77. The van der Waals surface area contributed by atoms with Crippen molar-refractivity contribution in [3.05, 3.63) is 71.4 Å². The average Bonchev–Trinajstić information content (AvgIpc) is 2.99. The number of rotatable bonds is 2. The van der Waals surface area contributed by atoms with Gasteiger partial charge < -0.3 is 15.0 Å². The number of fused-ring (bicyclic) bond motifs is 3. The van der Waals surface area contributed by atoms with Gasteiger partial charge in [-0.2, -0.15) is 0 Å². The number of carboxylic acids is 1. The molecule has 2 aromatic carbocycles. The largest absolute Gasteiger partial charge is 0.480 e. The summed E-state index contributed by atoms with van der Waals surface area (Å²) in [6.07, 6.45) is 0.303. The van der Waals surface area contributed by atoms with Crippen molar-refractivity contribution in [3.63, 3.8) is 0 Å². The molecule has 2 atom stereocenters. The molecule has 0 bridgehead atoms. The van der Waals surface area contributed by atoms with E-state index in [4.69, 9.17) is 0 Å². The van der Waals surface area contributed by atoms with E-state index in [-0.39, 0.29) is 5.91 Å². The predicted molar refractivity (Wildman–Crippen MR) is 94.2 cm³/mol. The highest BCUT2D eigenvalue weighted by Gasteiger charge is 2.42. The molecule has 25 heavy (non-hydrogen) atoms. The molecule has 5 nitrogen and oxygen atoms in total. The SMILES string of the molecule is CC(=O)N1[C@@H](c2ccccc2)c2[nH]c3ccccc3c2C[C@H]1C(=O)O. The normalized spacial score (nSPS) is 19.6. The molecule has 0 fully saturated rings. The summed E-state index contributed by atoms with van der Waals surface area (Å²) in [5, 5.41) is 10.8. The van der Waals surface area contributed by atoms with Crippen molar-refractivity contribution >= 4 is 22.8 Å². The Morgan fingerprint density at radius 1 is 1.08 bits per heavy atom. The fourth-order valence-corrected chi connectivity index (χ4v) is 3.86. The summed E-state index contributed by atoms with van der Waals surface area (Å²) >= 11 is 0. The van der Waals surface area contributed by atoms with E-state index >= 15 is 0 Å². The minimum absolute atomic E-state index is 0.245. The molecule has 2 N–H and O–H groups in total. The number of aromatic nitrogens is 1. The van der Waals surface area contributed by atoms with Crippen LogP contribution in [0.2, 0.25) is 0 Å². The molecule has 1 amide bonds. The number of carbonyl (C=O) groups excluding carboxylic acids is 1. The van der Waals surface area contributed by atoms with Crippen LogP contribution in [0.1, 0.15) is 29.8 Å². The second-order valence-corrected chi connectivity index (χ2v) is 6.36. The summed E-state index contributed by atoms with van der Waals surface area (Å²) in [5.74, 6) is -1.22. The summed E-state index contributed by atoms with van der Waals surface area (Å²) in [4.78, 5) is 29.2. The zero-order chi connectivity index (χ0) is 17.6. The number of amides is 1. The van der Waals surface area contributed by atoms with Gasteiger partial charge in [-0.1, -0.05) is 48.5 Å². The number of hydrogen-bond acceptors (Lipinski definition) is 2. The third kappa shape index (κ3) is 2.39. The zero-order valence-corrected chi connectivity index (χ0v) is 13.8. The van der Waals surface area contributed by atoms with Gasteiger partial charge in [-0.25, -0.2) is 4.79 Å². The second-order valence-electron chi connectivity index (χ2n) is 6.36. The number of aromatic amines is 1. The lowest BCUT2D eigenvalue weighted by Gasteiger charge is -2.39. The first kappa shape index (κ1) is 15.4. The van der Waals surface area contributed by atoms with Crippen LogP contribution in [-0.2, 0) is 16.0 Å². The van der Waals surface area contributed by atoms with E-state index in [1.54, 1.807) is 0 Å². The maximum Gasteiger partial charge on any atom is 0.326 e. The van der Waals surface area contributed by atoms with E-state index in [9.17, 15) is 14.7 Å². The molecule has 1 aliphatic heterocycles. The van der Waals surface area contributed by atoms with Crippen LogP contribution in [0.4, 0.5) is 0 Å². The van der Waals surface area contributed by atoms with Crippen LogP contribution >= 0.6 is 0 Å². The summed E-state index contributed by atoms with van der Waals surface area (Å²) < 4.78 is 0. The summed E-state index contributed by atoms with van der Waals surface area (Å²) in [6.45, 7) is 1.43. The maximum atomic E-state index is 12.4. The van der Waals surface area contributed by atoms with E-state index in [1.165, 1.54) is 11.8 Å². The highest BCUT2D eigenvalue weighted by atomic mass is 16.4. The Kier molecular flexibility index (Phi) is 3.57. The molecule has 0 spiro atoms. The van der Waals surface area contributed by atoms with E-state index in [1.807, 2.05) is 54.6 Å². The summed E-state index contributed by atoms with van der Waals surface area (Å²) in [5.41, 5.74) is 3.74. The van der Waals surface area contributed by atoms with Gasteiger partial charge >= 0.3 is 5.97 Å². The van der Waals surface area contributed by atoms with Gasteiger partial charge in [-0.3, -0.25) is 4.79 Å². The number of H-pyrrole nitrogens is 1. The lowest BCUT2D eigenvalue weighted by atomic mass is 9.88. The molecular weight excluding hydrogens is 316 g/mol. The van der Waals surface area contributed by atoms with E-state index in [0.29, 0.717) is 6.42 Å². The van der Waals surface area contributed by atoms with Gasteiger partial charge in [0.25, 0.3) is 0 Å². The standard InChI is InChI=1S/C20H18N2O3/c1-12(23)22-17(20(24)25)11-15-14-9-5-6-10-16(14)21-18(15)19(22)13-7-3-2-4-8-13/h2-10,17,19,21H,11H2,1H3,(H,24,25)/t17-,19-/m0/s1. The number of para-hydroxylation sites is 1. The van der Waals surface area contributed by atoms with Gasteiger partial charge in [0.05, 0.1) is 6.04 Å². The Morgan fingerprint density at radius 2 is 1.76 bits per heavy atom. The van der Waals surface area contributed by atoms with Gasteiger partial charge in [-0.05, 0) is 17.2 Å². The van der Waals surface area contributed by atoms with Crippen molar-refractivity contribution in [2.45, 2.75) is 25.4 Å². The third-order valence-electron chi connectivity index (χ3n) is 4.90. The number of nitrogens with zero attached hydrogens (tertiary/aromatic N) is 1. The fraction of sp³-hybridized carbons (Fsp3) is 0.200. The number of nitrogens with one attached hydrogen (secondary N) is 1. The number of hydrogen-bond donors (Lipinski definition) is 2. The van der Waals surface area contributed by atoms with Crippen molar-refractivity contribution < 1.29 is 14.7 Å². The van der Waals surface area contributed by atoms with Gasteiger partial charge in [0, 0.05) is 29.9 Å². The van der Waals surface area contributed by atoms with Crippen molar-refractivity contribution in [2.24, 2.45) is 0 Å². The molecular formula is C20H18N2O3. The van der Waals surface area contributed by atoms with Crippen LogP contribution in [0.25, 0.3) is 10.9 Å². The Labute approximate surface area is 144 Å². The number of carbonyl (C=O) groups is 2. The number of benzene rings is 2. The molecule has 1 aromatic heterocycles. The van der Waals surface area contributed by atoms with Crippen LogP contribution in [0.5, 0.6) is 0 Å². The van der Waals surface area contributed by atoms with Crippen molar-refractivity contribution in [3.8, 4) is 0 Å².